The molecule has 6 nitrogen and oxygen atoms in total. The van der Waals surface area contributed by atoms with Gasteiger partial charge in [0.1, 0.15) is 6.61 Å². The van der Waals surface area contributed by atoms with Gasteiger partial charge in [0, 0.05) is 11.1 Å². The van der Waals surface area contributed by atoms with Crippen molar-refractivity contribution < 1.29 is 14.3 Å². The molecule has 0 aromatic heterocycles. The number of hydrogen-bond donors (Lipinski definition) is 3. The fraction of sp³-hybridized carbons (Fsp3) is 0.286. The molecule has 0 bridgehead atoms. The second-order valence-electron chi connectivity index (χ2n) is 3.96. The SMILES string of the molecule is Cc1cc(C(=O)NCCOC(N)=O)ccc1C#CCN. The second kappa shape index (κ2) is 7.81. The number of carbonyl (C=O) groups is 2. The van der Waals surface area contributed by atoms with Crippen molar-refractivity contribution in [2.45, 2.75) is 6.92 Å². The van der Waals surface area contributed by atoms with E-state index in [-0.39, 0.29) is 19.1 Å². The summed E-state index contributed by atoms with van der Waals surface area (Å²) in [4.78, 5) is 22.2. The molecule has 5 N–H and O–H groups in total. The van der Waals surface area contributed by atoms with Crippen LogP contribution in [0.15, 0.2) is 18.2 Å². The third-order valence-corrected chi connectivity index (χ3v) is 2.45. The van der Waals surface area contributed by atoms with Crippen LogP contribution in [-0.2, 0) is 4.74 Å². The molecule has 2 amide bonds. The number of nitrogens with two attached hydrogens (primary N) is 2. The number of ether oxygens (including phenoxy) is 1. The Morgan fingerprint density at radius 3 is 2.75 bits per heavy atom. The minimum atomic E-state index is -0.863. The molecule has 20 heavy (non-hydrogen) atoms. The number of carbonyl (C=O) groups excluding carboxylic acids is 2. The Morgan fingerprint density at radius 1 is 1.40 bits per heavy atom. The third kappa shape index (κ3) is 5.00. The second-order valence-corrected chi connectivity index (χ2v) is 3.96. The molecule has 0 saturated heterocycles. The van der Waals surface area contributed by atoms with E-state index in [4.69, 9.17) is 11.5 Å². The van der Waals surface area contributed by atoms with E-state index in [1.807, 2.05) is 6.92 Å². The van der Waals surface area contributed by atoms with Crippen molar-refractivity contribution in [1.29, 1.82) is 0 Å². The first-order valence-electron chi connectivity index (χ1n) is 6.04. The molecule has 0 aliphatic carbocycles. The summed E-state index contributed by atoms with van der Waals surface area (Å²) >= 11 is 0. The van der Waals surface area contributed by atoms with Gasteiger partial charge in [-0.3, -0.25) is 4.79 Å². The standard InChI is InChI=1S/C14H17N3O3/c1-10-9-12(5-4-11(10)3-2-6-15)13(18)17-7-8-20-14(16)19/h4-5,9H,6-8,15H2,1H3,(H2,16,19)(H,17,18). The van der Waals surface area contributed by atoms with Gasteiger partial charge in [0.15, 0.2) is 0 Å². The first kappa shape index (κ1) is 15.5. The molecule has 0 aliphatic heterocycles. The van der Waals surface area contributed by atoms with Gasteiger partial charge >= 0.3 is 6.09 Å². The lowest BCUT2D eigenvalue weighted by Gasteiger charge is -2.07. The maximum absolute atomic E-state index is 11.8. The number of primary amides is 1. The summed E-state index contributed by atoms with van der Waals surface area (Å²) in [5.74, 6) is 5.44. The highest BCUT2D eigenvalue weighted by Crippen LogP contribution is 2.10. The maximum atomic E-state index is 11.8. The van der Waals surface area contributed by atoms with Crippen molar-refractivity contribution in [3.8, 4) is 11.8 Å². The first-order valence-corrected chi connectivity index (χ1v) is 6.04. The minimum absolute atomic E-state index is 0.0418. The zero-order chi connectivity index (χ0) is 15.0. The topological polar surface area (TPSA) is 107 Å². The molecule has 0 fully saturated rings. The molecule has 1 aromatic rings. The Bertz CT molecular complexity index is 559. The van der Waals surface area contributed by atoms with Crippen LogP contribution in [0.1, 0.15) is 21.5 Å². The van der Waals surface area contributed by atoms with Crippen molar-refractivity contribution in [2.75, 3.05) is 19.7 Å². The summed E-state index contributed by atoms with van der Waals surface area (Å²) in [5, 5.41) is 2.62. The van der Waals surface area contributed by atoms with E-state index in [0.29, 0.717) is 12.1 Å². The molecule has 1 aromatic carbocycles. The average Bonchev–Trinajstić information content (AvgIpc) is 2.41. The number of rotatable bonds is 4. The van der Waals surface area contributed by atoms with E-state index in [2.05, 4.69) is 21.9 Å². The molecule has 0 spiro atoms. The number of nitrogens with one attached hydrogen (secondary N) is 1. The molecule has 0 unspecified atom stereocenters. The quantitative estimate of drug-likeness (QED) is 0.536. The lowest BCUT2D eigenvalue weighted by atomic mass is 10.0. The number of hydrogen-bond acceptors (Lipinski definition) is 4. The summed E-state index contributed by atoms with van der Waals surface area (Å²) in [5.41, 5.74) is 12.4. The van der Waals surface area contributed by atoms with Crippen LogP contribution in [0.5, 0.6) is 0 Å². The highest BCUT2D eigenvalue weighted by atomic mass is 16.5. The van der Waals surface area contributed by atoms with E-state index in [1.165, 1.54) is 0 Å². The number of amides is 2. The smallest absolute Gasteiger partial charge is 0.404 e. The minimum Gasteiger partial charge on any atom is -0.448 e. The number of aryl methyl sites for hydroxylation is 1. The normalized spacial score (nSPS) is 9.30. The molecule has 1 rings (SSSR count). The number of benzene rings is 1. The van der Waals surface area contributed by atoms with Gasteiger partial charge < -0.3 is 21.5 Å². The first-order chi connectivity index (χ1) is 9.54. The molecule has 0 heterocycles. The fourth-order valence-corrected chi connectivity index (χ4v) is 1.51. The molecule has 6 heteroatoms. The van der Waals surface area contributed by atoms with Gasteiger partial charge in [0.2, 0.25) is 0 Å². The lowest BCUT2D eigenvalue weighted by Crippen LogP contribution is -2.29. The summed E-state index contributed by atoms with van der Waals surface area (Å²) in [7, 11) is 0. The van der Waals surface area contributed by atoms with E-state index in [9.17, 15) is 9.59 Å². The summed E-state index contributed by atoms with van der Waals surface area (Å²) in [6, 6.07) is 5.19. The molecular weight excluding hydrogens is 258 g/mol. The van der Waals surface area contributed by atoms with Gasteiger partial charge in [-0.25, -0.2) is 4.79 Å². The lowest BCUT2D eigenvalue weighted by molar-refractivity contribution is 0.0936. The van der Waals surface area contributed by atoms with Gasteiger partial charge in [-0.05, 0) is 30.7 Å². The van der Waals surface area contributed by atoms with Crippen molar-refractivity contribution in [1.82, 2.24) is 5.32 Å². The van der Waals surface area contributed by atoms with Crippen LogP contribution in [0.25, 0.3) is 0 Å². The predicted octanol–water partition coefficient (Wildman–Crippen LogP) is 0.130. The Hall–Kier alpha value is -2.52. The van der Waals surface area contributed by atoms with Crippen LogP contribution < -0.4 is 16.8 Å². The zero-order valence-electron chi connectivity index (χ0n) is 11.2. The fourth-order valence-electron chi connectivity index (χ4n) is 1.51. The van der Waals surface area contributed by atoms with Gasteiger partial charge in [0.25, 0.3) is 5.91 Å². The molecular formula is C14H17N3O3. The summed E-state index contributed by atoms with van der Waals surface area (Å²) in [6.45, 7) is 2.41. The molecule has 0 saturated carbocycles. The largest absolute Gasteiger partial charge is 0.448 e. The highest BCUT2D eigenvalue weighted by molar-refractivity contribution is 5.94. The molecule has 0 aliphatic rings. The summed E-state index contributed by atoms with van der Waals surface area (Å²) in [6.07, 6.45) is -0.863. The molecule has 0 atom stereocenters. The van der Waals surface area contributed by atoms with Crippen LogP contribution in [-0.4, -0.2) is 31.7 Å². The van der Waals surface area contributed by atoms with E-state index in [1.54, 1.807) is 18.2 Å². The van der Waals surface area contributed by atoms with Crippen molar-refractivity contribution in [2.24, 2.45) is 11.5 Å². The van der Waals surface area contributed by atoms with Crippen molar-refractivity contribution >= 4 is 12.0 Å². The Kier molecular flexibility index (Phi) is 6.07. The van der Waals surface area contributed by atoms with E-state index >= 15 is 0 Å². The van der Waals surface area contributed by atoms with Crippen molar-refractivity contribution in [3.63, 3.8) is 0 Å². The Morgan fingerprint density at radius 2 is 2.15 bits per heavy atom. The van der Waals surface area contributed by atoms with Crippen LogP contribution in [0.2, 0.25) is 0 Å². The zero-order valence-corrected chi connectivity index (χ0v) is 11.2. The maximum Gasteiger partial charge on any atom is 0.404 e. The van der Waals surface area contributed by atoms with E-state index in [0.717, 1.165) is 11.1 Å². The van der Waals surface area contributed by atoms with Crippen LogP contribution in [0, 0.1) is 18.8 Å². The van der Waals surface area contributed by atoms with Gasteiger partial charge in [-0.1, -0.05) is 11.8 Å². The van der Waals surface area contributed by atoms with Gasteiger partial charge in [-0.2, -0.15) is 0 Å². The summed E-state index contributed by atoms with van der Waals surface area (Å²) < 4.78 is 4.51. The van der Waals surface area contributed by atoms with Crippen LogP contribution >= 0.6 is 0 Å². The third-order valence-electron chi connectivity index (χ3n) is 2.45. The molecule has 106 valence electrons. The Labute approximate surface area is 117 Å². The van der Waals surface area contributed by atoms with Crippen LogP contribution in [0.4, 0.5) is 4.79 Å². The van der Waals surface area contributed by atoms with E-state index < -0.39 is 6.09 Å². The highest BCUT2D eigenvalue weighted by Gasteiger charge is 2.06. The predicted molar refractivity (Wildman–Crippen MR) is 75.0 cm³/mol. The Balaban J connectivity index is 2.61. The van der Waals surface area contributed by atoms with Crippen molar-refractivity contribution in [3.05, 3.63) is 34.9 Å². The van der Waals surface area contributed by atoms with Gasteiger partial charge in [0.05, 0.1) is 13.1 Å². The van der Waals surface area contributed by atoms with Crippen LogP contribution in [0.3, 0.4) is 0 Å². The van der Waals surface area contributed by atoms with Gasteiger partial charge in [-0.15, -0.1) is 0 Å². The average molecular weight is 275 g/mol. The molecule has 0 radical (unpaired) electrons. The monoisotopic (exact) mass is 275 g/mol.